The van der Waals surface area contributed by atoms with Crippen molar-refractivity contribution in [2.75, 3.05) is 5.32 Å². The zero-order valence-corrected chi connectivity index (χ0v) is 13.1. The lowest BCUT2D eigenvalue weighted by Crippen LogP contribution is -2.12. The SMILES string of the molecule is O=C(Nc1ccc(Br)c(Cl)c1Cl)c1ccnc(Cl)c1. The van der Waals surface area contributed by atoms with Gasteiger partial charge in [-0.15, -0.1) is 0 Å². The molecule has 0 aliphatic carbocycles. The molecule has 3 nitrogen and oxygen atoms in total. The molecular weight excluding hydrogens is 374 g/mol. The number of aromatic nitrogens is 1. The summed E-state index contributed by atoms with van der Waals surface area (Å²) in [6, 6.07) is 6.36. The summed E-state index contributed by atoms with van der Waals surface area (Å²) in [5, 5.41) is 3.51. The van der Waals surface area contributed by atoms with Gasteiger partial charge in [0.15, 0.2) is 0 Å². The molecule has 0 aliphatic rings. The van der Waals surface area contributed by atoms with E-state index in [-0.39, 0.29) is 16.1 Å². The number of carbonyl (C=O) groups is 1. The van der Waals surface area contributed by atoms with Crippen molar-refractivity contribution in [3.05, 3.63) is 55.7 Å². The number of rotatable bonds is 2. The van der Waals surface area contributed by atoms with Crippen molar-refractivity contribution in [3.63, 3.8) is 0 Å². The number of nitrogens with one attached hydrogen (secondary N) is 1. The van der Waals surface area contributed by atoms with Gasteiger partial charge in [-0.3, -0.25) is 4.79 Å². The number of hydrogen-bond donors (Lipinski definition) is 1. The van der Waals surface area contributed by atoms with Crippen LogP contribution in [0.2, 0.25) is 15.2 Å². The molecule has 0 spiro atoms. The summed E-state index contributed by atoms with van der Waals surface area (Å²) in [6.07, 6.45) is 1.45. The Morgan fingerprint density at radius 3 is 2.58 bits per heavy atom. The van der Waals surface area contributed by atoms with Crippen LogP contribution in [0.3, 0.4) is 0 Å². The molecule has 7 heteroatoms. The average Bonchev–Trinajstić information content (AvgIpc) is 2.39. The zero-order valence-electron chi connectivity index (χ0n) is 9.25. The number of amides is 1. The van der Waals surface area contributed by atoms with Crippen molar-refractivity contribution >= 4 is 62.3 Å². The molecule has 1 heterocycles. The monoisotopic (exact) mass is 378 g/mol. The molecular formula is C12H6BrCl3N2O. The number of benzene rings is 1. The Hall–Kier alpha value is -0.810. The van der Waals surface area contributed by atoms with E-state index < -0.39 is 0 Å². The summed E-state index contributed by atoms with van der Waals surface area (Å²) in [5.74, 6) is -0.343. The van der Waals surface area contributed by atoms with Crippen molar-refractivity contribution < 1.29 is 4.79 Å². The van der Waals surface area contributed by atoms with Crippen molar-refractivity contribution in [1.82, 2.24) is 4.98 Å². The second-order valence-corrected chi connectivity index (χ2v) is 5.54. The molecule has 19 heavy (non-hydrogen) atoms. The smallest absolute Gasteiger partial charge is 0.255 e. The zero-order chi connectivity index (χ0) is 14.0. The number of anilines is 1. The van der Waals surface area contributed by atoms with Gasteiger partial charge in [0.05, 0.1) is 15.7 Å². The predicted octanol–water partition coefficient (Wildman–Crippen LogP) is 5.06. The maximum atomic E-state index is 12.0. The summed E-state index contributed by atoms with van der Waals surface area (Å²) in [7, 11) is 0. The third-order valence-corrected chi connectivity index (χ3v) is 4.25. The van der Waals surface area contributed by atoms with E-state index in [4.69, 9.17) is 34.8 Å². The van der Waals surface area contributed by atoms with Crippen LogP contribution in [0.15, 0.2) is 34.9 Å². The van der Waals surface area contributed by atoms with Crippen molar-refractivity contribution in [1.29, 1.82) is 0 Å². The Morgan fingerprint density at radius 1 is 1.16 bits per heavy atom. The molecule has 0 atom stereocenters. The Morgan fingerprint density at radius 2 is 1.89 bits per heavy atom. The molecule has 0 aliphatic heterocycles. The second-order valence-electron chi connectivity index (χ2n) is 3.54. The minimum atomic E-state index is -0.343. The van der Waals surface area contributed by atoms with Crippen LogP contribution in [-0.2, 0) is 0 Å². The fourth-order valence-corrected chi connectivity index (χ4v) is 2.36. The number of pyridine rings is 1. The number of hydrogen-bond acceptors (Lipinski definition) is 2. The Labute approximate surface area is 133 Å². The van der Waals surface area contributed by atoms with E-state index in [1.54, 1.807) is 18.2 Å². The molecule has 0 unspecified atom stereocenters. The minimum absolute atomic E-state index is 0.243. The molecule has 0 saturated carbocycles. The first-order valence-corrected chi connectivity index (χ1v) is 6.98. The lowest BCUT2D eigenvalue weighted by Gasteiger charge is -2.09. The van der Waals surface area contributed by atoms with E-state index in [0.29, 0.717) is 20.7 Å². The highest BCUT2D eigenvalue weighted by molar-refractivity contribution is 9.10. The maximum Gasteiger partial charge on any atom is 0.255 e. The molecule has 0 radical (unpaired) electrons. The van der Waals surface area contributed by atoms with Crippen LogP contribution >= 0.6 is 50.7 Å². The van der Waals surface area contributed by atoms with E-state index in [0.717, 1.165) is 0 Å². The first kappa shape index (κ1) is 14.6. The maximum absolute atomic E-state index is 12.0. The average molecular weight is 380 g/mol. The van der Waals surface area contributed by atoms with Gasteiger partial charge in [0.2, 0.25) is 0 Å². The number of halogens is 4. The van der Waals surface area contributed by atoms with Gasteiger partial charge in [0, 0.05) is 16.2 Å². The summed E-state index contributed by atoms with van der Waals surface area (Å²) >= 11 is 21.0. The van der Waals surface area contributed by atoms with Crippen molar-refractivity contribution in [2.24, 2.45) is 0 Å². The highest BCUT2D eigenvalue weighted by Crippen LogP contribution is 2.35. The molecule has 98 valence electrons. The van der Waals surface area contributed by atoms with Gasteiger partial charge < -0.3 is 5.32 Å². The van der Waals surface area contributed by atoms with Crippen LogP contribution < -0.4 is 5.32 Å². The quantitative estimate of drug-likeness (QED) is 0.585. The van der Waals surface area contributed by atoms with Crippen LogP contribution in [0.4, 0.5) is 5.69 Å². The normalized spacial score (nSPS) is 10.3. The third-order valence-electron chi connectivity index (χ3n) is 2.27. The standard InChI is InChI=1S/C12H6BrCl3N2O/c13-7-1-2-8(11(16)10(7)15)18-12(19)6-3-4-17-9(14)5-6/h1-5H,(H,18,19). The second kappa shape index (κ2) is 6.09. The van der Waals surface area contributed by atoms with Crippen LogP contribution in [-0.4, -0.2) is 10.9 Å². The first-order chi connectivity index (χ1) is 8.99. The van der Waals surface area contributed by atoms with Gasteiger partial charge in [-0.2, -0.15) is 0 Å². The molecule has 0 saturated heterocycles. The van der Waals surface area contributed by atoms with E-state index in [2.05, 4.69) is 26.2 Å². The van der Waals surface area contributed by atoms with E-state index in [1.165, 1.54) is 12.3 Å². The predicted molar refractivity (Wildman–Crippen MR) is 81.4 cm³/mol. The molecule has 0 bridgehead atoms. The fourth-order valence-electron chi connectivity index (χ4n) is 1.36. The Kier molecular flexibility index (Phi) is 4.68. The van der Waals surface area contributed by atoms with Crippen LogP contribution in [0.1, 0.15) is 10.4 Å². The van der Waals surface area contributed by atoms with E-state index in [9.17, 15) is 4.79 Å². The van der Waals surface area contributed by atoms with Gasteiger partial charge in [-0.1, -0.05) is 34.8 Å². The molecule has 1 aromatic carbocycles. The lowest BCUT2D eigenvalue weighted by atomic mass is 10.2. The van der Waals surface area contributed by atoms with Crippen LogP contribution in [0.25, 0.3) is 0 Å². The van der Waals surface area contributed by atoms with Gasteiger partial charge in [0.1, 0.15) is 5.15 Å². The van der Waals surface area contributed by atoms with E-state index in [1.807, 2.05) is 0 Å². The largest absolute Gasteiger partial charge is 0.321 e. The highest BCUT2D eigenvalue weighted by atomic mass is 79.9. The summed E-state index contributed by atoms with van der Waals surface area (Å²) in [4.78, 5) is 15.8. The lowest BCUT2D eigenvalue weighted by molar-refractivity contribution is 0.102. The van der Waals surface area contributed by atoms with Gasteiger partial charge >= 0.3 is 0 Å². The number of nitrogens with zero attached hydrogens (tertiary/aromatic N) is 1. The fraction of sp³-hybridized carbons (Fsp3) is 0. The molecule has 1 amide bonds. The van der Waals surface area contributed by atoms with Gasteiger partial charge in [-0.05, 0) is 40.2 Å². The summed E-state index contributed by atoms with van der Waals surface area (Å²) in [6.45, 7) is 0. The van der Waals surface area contributed by atoms with Crippen molar-refractivity contribution in [3.8, 4) is 0 Å². The Balaban J connectivity index is 2.27. The summed E-state index contributed by atoms with van der Waals surface area (Å²) < 4.78 is 0.657. The molecule has 1 aromatic heterocycles. The van der Waals surface area contributed by atoms with Crippen LogP contribution in [0.5, 0.6) is 0 Å². The molecule has 0 fully saturated rings. The van der Waals surface area contributed by atoms with E-state index >= 15 is 0 Å². The van der Waals surface area contributed by atoms with Gasteiger partial charge in [-0.25, -0.2) is 4.98 Å². The topological polar surface area (TPSA) is 42.0 Å². The molecule has 2 rings (SSSR count). The third kappa shape index (κ3) is 3.39. The number of carbonyl (C=O) groups excluding carboxylic acids is 1. The summed E-state index contributed by atoms with van der Waals surface area (Å²) in [5.41, 5.74) is 0.808. The minimum Gasteiger partial charge on any atom is -0.321 e. The first-order valence-electron chi connectivity index (χ1n) is 5.05. The van der Waals surface area contributed by atoms with Gasteiger partial charge in [0.25, 0.3) is 5.91 Å². The van der Waals surface area contributed by atoms with Crippen LogP contribution in [0, 0.1) is 0 Å². The van der Waals surface area contributed by atoms with Crippen molar-refractivity contribution in [2.45, 2.75) is 0 Å². The molecule has 2 aromatic rings. The molecule has 1 N–H and O–H groups in total. The highest BCUT2D eigenvalue weighted by Gasteiger charge is 2.12. The Bertz CT molecular complexity index is 649.